The minimum absolute atomic E-state index is 0.154. The van der Waals surface area contributed by atoms with Gasteiger partial charge in [0.2, 0.25) is 0 Å². The van der Waals surface area contributed by atoms with Crippen LogP contribution in [0.25, 0.3) is 11.0 Å². The first-order chi connectivity index (χ1) is 8.53. The maximum Gasteiger partial charge on any atom is 0.106 e. The standard InChI is InChI=1S/C15H20N2O/c1-10-16-13-8-11(15(2,3)9-18)4-7-14(13)17(10)12-5-6-12/h4,7-8,12,18H,5-6,9H2,1-3H3. The van der Waals surface area contributed by atoms with E-state index in [2.05, 4.69) is 48.5 Å². The van der Waals surface area contributed by atoms with Crippen LogP contribution in [0.3, 0.4) is 0 Å². The molecule has 1 heterocycles. The predicted octanol–water partition coefficient (Wildman–Crippen LogP) is 2.95. The summed E-state index contributed by atoms with van der Waals surface area (Å²) in [7, 11) is 0. The van der Waals surface area contributed by atoms with Crippen molar-refractivity contribution in [3.8, 4) is 0 Å². The first kappa shape index (κ1) is 11.7. The maximum absolute atomic E-state index is 9.45. The summed E-state index contributed by atoms with van der Waals surface area (Å²) in [4.78, 5) is 4.66. The third-order valence-corrected chi connectivity index (χ3v) is 3.95. The molecule has 0 saturated heterocycles. The molecule has 0 unspecified atom stereocenters. The molecule has 18 heavy (non-hydrogen) atoms. The second kappa shape index (κ2) is 3.82. The van der Waals surface area contributed by atoms with E-state index >= 15 is 0 Å². The summed E-state index contributed by atoms with van der Waals surface area (Å²) in [6.45, 7) is 6.34. The van der Waals surface area contributed by atoms with E-state index in [-0.39, 0.29) is 12.0 Å². The van der Waals surface area contributed by atoms with Crippen LogP contribution in [0, 0.1) is 6.92 Å². The lowest BCUT2D eigenvalue weighted by molar-refractivity contribution is 0.218. The van der Waals surface area contributed by atoms with Gasteiger partial charge in [-0.3, -0.25) is 0 Å². The fraction of sp³-hybridized carbons (Fsp3) is 0.533. The van der Waals surface area contributed by atoms with Gasteiger partial charge in [0.25, 0.3) is 0 Å². The summed E-state index contributed by atoms with van der Waals surface area (Å²) < 4.78 is 2.35. The van der Waals surface area contributed by atoms with Crippen molar-refractivity contribution in [2.45, 2.75) is 45.1 Å². The Morgan fingerprint density at radius 3 is 2.72 bits per heavy atom. The highest BCUT2D eigenvalue weighted by Gasteiger charge is 2.27. The van der Waals surface area contributed by atoms with Gasteiger partial charge in [-0.05, 0) is 37.5 Å². The number of rotatable bonds is 3. The zero-order valence-electron chi connectivity index (χ0n) is 11.3. The lowest BCUT2D eigenvalue weighted by Crippen LogP contribution is -2.21. The third-order valence-electron chi connectivity index (χ3n) is 3.95. The van der Waals surface area contributed by atoms with E-state index in [1.807, 2.05) is 0 Å². The van der Waals surface area contributed by atoms with Crippen LogP contribution in [0.15, 0.2) is 18.2 Å². The number of hydrogen-bond acceptors (Lipinski definition) is 2. The first-order valence-corrected chi connectivity index (χ1v) is 6.63. The third kappa shape index (κ3) is 1.74. The van der Waals surface area contributed by atoms with Crippen LogP contribution in [0.1, 0.15) is 44.1 Å². The number of aromatic nitrogens is 2. The fourth-order valence-corrected chi connectivity index (χ4v) is 2.53. The molecular formula is C15H20N2O. The predicted molar refractivity (Wildman–Crippen MR) is 72.9 cm³/mol. The van der Waals surface area contributed by atoms with Crippen LogP contribution in [-0.4, -0.2) is 21.3 Å². The number of aryl methyl sites for hydroxylation is 1. The van der Waals surface area contributed by atoms with Crippen molar-refractivity contribution in [1.82, 2.24) is 9.55 Å². The van der Waals surface area contributed by atoms with Crippen LogP contribution in [0.5, 0.6) is 0 Å². The van der Waals surface area contributed by atoms with Gasteiger partial charge in [-0.1, -0.05) is 19.9 Å². The van der Waals surface area contributed by atoms with Gasteiger partial charge in [0.15, 0.2) is 0 Å². The minimum atomic E-state index is -0.203. The molecule has 1 aromatic heterocycles. The van der Waals surface area contributed by atoms with Crippen LogP contribution in [0.2, 0.25) is 0 Å². The van der Waals surface area contributed by atoms with E-state index in [0.29, 0.717) is 6.04 Å². The number of fused-ring (bicyclic) bond motifs is 1. The molecule has 0 aliphatic heterocycles. The Bertz CT molecular complexity index is 594. The van der Waals surface area contributed by atoms with Crippen LogP contribution in [-0.2, 0) is 5.41 Å². The van der Waals surface area contributed by atoms with Crippen LogP contribution < -0.4 is 0 Å². The summed E-state index contributed by atoms with van der Waals surface area (Å²) in [5.74, 6) is 1.10. The van der Waals surface area contributed by atoms with Gasteiger partial charge in [-0.15, -0.1) is 0 Å². The van der Waals surface area contributed by atoms with Gasteiger partial charge in [0.1, 0.15) is 5.82 Å². The average Bonchev–Trinajstić information content (AvgIpc) is 3.11. The topological polar surface area (TPSA) is 38.1 Å². The molecule has 1 aromatic carbocycles. The lowest BCUT2D eigenvalue weighted by Gasteiger charge is -2.22. The lowest BCUT2D eigenvalue weighted by atomic mass is 9.85. The maximum atomic E-state index is 9.45. The molecule has 1 aliphatic rings. The van der Waals surface area contributed by atoms with Gasteiger partial charge < -0.3 is 9.67 Å². The molecule has 3 rings (SSSR count). The molecule has 1 N–H and O–H groups in total. The van der Waals surface area contributed by atoms with E-state index in [9.17, 15) is 5.11 Å². The molecule has 0 atom stereocenters. The molecule has 1 saturated carbocycles. The molecule has 0 spiro atoms. The quantitative estimate of drug-likeness (QED) is 0.901. The Morgan fingerprint density at radius 1 is 1.39 bits per heavy atom. The highest BCUT2D eigenvalue weighted by molar-refractivity contribution is 5.77. The summed E-state index contributed by atoms with van der Waals surface area (Å²) in [6, 6.07) is 7.06. The second-order valence-electron chi connectivity index (χ2n) is 6.01. The van der Waals surface area contributed by atoms with Gasteiger partial charge in [-0.2, -0.15) is 0 Å². The van der Waals surface area contributed by atoms with Gasteiger partial charge in [-0.25, -0.2) is 4.98 Å². The Balaban J connectivity index is 2.14. The van der Waals surface area contributed by atoms with Crippen molar-refractivity contribution in [1.29, 1.82) is 0 Å². The summed E-state index contributed by atoms with van der Waals surface area (Å²) in [5.41, 5.74) is 3.23. The molecule has 3 heteroatoms. The number of aliphatic hydroxyl groups excluding tert-OH is 1. The van der Waals surface area contributed by atoms with Gasteiger partial charge in [0, 0.05) is 11.5 Å². The molecule has 2 aromatic rings. The normalized spacial score (nSPS) is 16.4. The molecule has 96 valence electrons. The largest absolute Gasteiger partial charge is 0.395 e. The highest BCUT2D eigenvalue weighted by atomic mass is 16.3. The summed E-state index contributed by atoms with van der Waals surface area (Å²) >= 11 is 0. The van der Waals surface area contributed by atoms with Crippen molar-refractivity contribution in [3.05, 3.63) is 29.6 Å². The zero-order chi connectivity index (χ0) is 12.9. The van der Waals surface area contributed by atoms with Crippen molar-refractivity contribution < 1.29 is 5.11 Å². The number of aliphatic hydroxyl groups is 1. The molecule has 0 radical (unpaired) electrons. The molecular weight excluding hydrogens is 224 g/mol. The van der Waals surface area contributed by atoms with Crippen molar-refractivity contribution >= 4 is 11.0 Å². The van der Waals surface area contributed by atoms with E-state index in [0.717, 1.165) is 16.9 Å². The van der Waals surface area contributed by atoms with Gasteiger partial charge in [0.05, 0.1) is 17.6 Å². The van der Waals surface area contributed by atoms with Gasteiger partial charge >= 0.3 is 0 Å². The average molecular weight is 244 g/mol. The minimum Gasteiger partial charge on any atom is -0.395 e. The molecule has 0 bridgehead atoms. The Morgan fingerprint density at radius 2 is 2.11 bits per heavy atom. The first-order valence-electron chi connectivity index (χ1n) is 6.63. The summed E-state index contributed by atoms with van der Waals surface area (Å²) in [5, 5.41) is 9.45. The number of benzene rings is 1. The number of nitrogens with zero attached hydrogens (tertiary/aromatic N) is 2. The molecule has 1 fully saturated rings. The monoisotopic (exact) mass is 244 g/mol. The number of hydrogen-bond donors (Lipinski definition) is 1. The van der Waals surface area contributed by atoms with E-state index in [1.54, 1.807) is 0 Å². The zero-order valence-corrected chi connectivity index (χ0v) is 11.3. The Kier molecular flexibility index (Phi) is 2.49. The summed E-state index contributed by atoms with van der Waals surface area (Å²) in [6.07, 6.45) is 2.55. The van der Waals surface area contributed by atoms with Crippen molar-refractivity contribution in [3.63, 3.8) is 0 Å². The van der Waals surface area contributed by atoms with Crippen LogP contribution in [0.4, 0.5) is 0 Å². The SMILES string of the molecule is Cc1nc2cc(C(C)(C)CO)ccc2n1C1CC1. The second-order valence-corrected chi connectivity index (χ2v) is 6.01. The molecule has 0 amide bonds. The highest BCUT2D eigenvalue weighted by Crippen LogP contribution is 2.39. The Labute approximate surface area is 107 Å². The smallest absolute Gasteiger partial charge is 0.106 e. The fourth-order valence-electron chi connectivity index (χ4n) is 2.53. The Hall–Kier alpha value is -1.35. The molecule has 3 nitrogen and oxygen atoms in total. The van der Waals surface area contributed by atoms with E-state index in [4.69, 9.17) is 0 Å². The number of imidazole rings is 1. The van der Waals surface area contributed by atoms with E-state index in [1.165, 1.54) is 18.4 Å². The van der Waals surface area contributed by atoms with Crippen LogP contribution >= 0.6 is 0 Å². The van der Waals surface area contributed by atoms with Crippen molar-refractivity contribution in [2.24, 2.45) is 0 Å². The van der Waals surface area contributed by atoms with E-state index < -0.39 is 0 Å². The van der Waals surface area contributed by atoms with Crippen molar-refractivity contribution in [2.75, 3.05) is 6.61 Å². The molecule has 1 aliphatic carbocycles.